The average molecular weight is 203 g/mol. The SMILES string of the molecule is CCOP(=S)([S-])OCC.[NH4+]. The fourth-order valence-electron chi connectivity index (χ4n) is 0.353. The van der Waals surface area contributed by atoms with E-state index in [-0.39, 0.29) is 6.15 Å². The van der Waals surface area contributed by atoms with E-state index in [1.54, 1.807) is 0 Å². The average Bonchev–Trinajstić information content (AvgIpc) is 1.64. The van der Waals surface area contributed by atoms with E-state index in [2.05, 4.69) is 0 Å². The van der Waals surface area contributed by atoms with Gasteiger partial charge in [0.1, 0.15) is 0 Å². The first-order valence-electron chi connectivity index (χ1n) is 2.72. The van der Waals surface area contributed by atoms with E-state index in [0.717, 1.165) is 0 Å². The molecule has 0 bridgehead atoms. The minimum absolute atomic E-state index is 0. The fourth-order valence-corrected chi connectivity index (χ4v) is 2.33. The summed E-state index contributed by atoms with van der Waals surface area (Å²) in [5.41, 5.74) is -2.28. The van der Waals surface area contributed by atoms with Gasteiger partial charge in [-0.25, -0.2) is 0 Å². The molecule has 0 aromatic carbocycles. The van der Waals surface area contributed by atoms with Gasteiger partial charge in [0.2, 0.25) is 0 Å². The molecule has 0 aliphatic rings. The molecule has 0 heterocycles. The molecule has 0 rings (SSSR count). The van der Waals surface area contributed by atoms with Crippen LogP contribution >= 0.6 is 5.69 Å². The smallest absolute Gasteiger partial charge is 0.0563 e. The zero-order valence-corrected chi connectivity index (χ0v) is 9.02. The molecule has 0 unspecified atom stereocenters. The van der Waals surface area contributed by atoms with Crippen LogP contribution in [0.2, 0.25) is 0 Å². The Hall–Kier alpha value is 0.880. The molecule has 64 valence electrons. The van der Waals surface area contributed by atoms with Gasteiger partial charge in [-0.15, -0.1) is 0 Å². The molecule has 6 heteroatoms. The molecule has 10 heavy (non-hydrogen) atoms. The van der Waals surface area contributed by atoms with E-state index in [1.807, 2.05) is 13.8 Å². The lowest BCUT2D eigenvalue weighted by atomic mass is 10.9. The van der Waals surface area contributed by atoms with Crippen LogP contribution in [0, 0.1) is 0 Å². The van der Waals surface area contributed by atoms with Crippen LogP contribution in [0.25, 0.3) is 0 Å². The maximum absolute atomic E-state index is 4.99. The first kappa shape index (κ1) is 13.5. The van der Waals surface area contributed by atoms with Gasteiger partial charge in [0.05, 0.1) is 5.69 Å². The van der Waals surface area contributed by atoms with Crippen LogP contribution in [0.1, 0.15) is 13.8 Å². The lowest BCUT2D eigenvalue weighted by molar-refractivity contribution is 0.281. The van der Waals surface area contributed by atoms with E-state index >= 15 is 0 Å². The third-order valence-electron chi connectivity index (χ3n) is 0.574. The molecule has 0 aromatic rings. The van der Waals surface area contributed by atoms with Gasteiger partial charge in [-0.1, -0.05) is 11.8 Å². The Morgan fingerprint density at radius 3 is 1.80 bits per heavy atom. The Morgan fingerprint density at radius 2 is 1.60 bits per heavy atom. The van der Waals surface area contributed by atoms with Crippen LogP contribution < -0.4 is 6.15 Å². The highest BCUT2D eigenvalue weighted by Crippen LogP contribution is 2.45. The van der Waals surface area contributed by atoms with Gasteiger partial charge in [-0.05, 0) is 13.8 Å². The van der Waals surface area contributed by atoms with Crippen LogP contribution in [-0.4, -0.2) is 13.2 Å². The van der Waals surface area contributed by atoms with Crippen molar-refractivity contribution in [2.75, 3.05) is 13.2 Å². The molecule has 0 aromatic heterocycles. The summed E-state index contributed by atoms with van der Waals surface area (Å²) in [6.45, 7) is 4.79. The van der Waals surface area contributed by atoms with Gasteiger partial charge in [-0.3, -0.25) is 0 Å². The van der Waals surface area contributed by atoms with Crippen molar-refractivity contribution in [3.05, 3.63) is 0 Å². The highest BCUT2D eigenvalue weighted by molar-refractivity contribution is 8.51. The number of quaternary nitrogens is 1. The first-order valence-corrected chi connectivity index (χ1v) is 6.37. The van der Waals surface area contributed by atoms with Gasteiger partial charge in [0.15, 0.2) is 0 Å². The Bertz CT molecular complexity index is 112. The maximum Gasteiger partial charge on any atom is 0.0563 e. The minimum Gasteiger partial charge on any atom is -0.691 e. The Balaban J connectivity index is 0. The van der Waals surface area contributed by atoms with Crippen molar-refractivity contribution in [1.82, 2.24) is 6.15 Å². The van der Waals surface area contributed by atoms with E-state index < -0.39 is 5.69 Å². The number of hydrogen-bond donors (Lipinski definition) is 1. The van der Waals surface area contributed by atoms with Gasteiger partial charge in [-0.2, -0.15) is 0 Å². The van der Waals surface area contributed by atoms with Crippen molar-refractivity contribution in [1.29, 1.82) is 0 Å². The van der Waals surface area contributed by atoms with Gasteiger partial charge < -0.3 is 27.4 Å². The molecule has 0 saturated heterocycles. The molecule has 0 amide bonds. The summed E-state index contributed by atoms with van der Waals surface area (Å²) in [4.78, 5) is 0. The van der Waals surface area contributed by atoms with Crippen LogP contribution in [-0.2, 0) is 33.1 Å². The van der Waals surface area contributed by atoms with E-state index in [0.29, 0.717) is 13.2 Å². The summed E-state index contributed by atoms with van der Waals surface area (Å²) >= 11 is 9.65. The summed E-state index contributed by atoms with van der Waals surface area (Å²) in [5.74, 6) is 0. The van der Waals surface area contributed by atoms with Crippen molar-refractivity contribution < 1.29 is 9.05 Å². The zero-order chi connectivity index (χ0) is 7.33. The third kappa shape index (κ3) is 6.99. The molecule has 0 spiro atoms. The molecular weight excluding hydrogens is 189 g/mol. The summed E-state index contributed by atoms with van der Waals surface area (Å²) in [7, 11) is 0. The van der Waals surface area contributed by atoms with Gasteiger partial charge >= 0.3 is 0 Å². The molecule has 0 aliphatic carbocycles. The quantitative estimate of drug-likeness (QED) is 0.562. The van der Waals surface area contributed by atoms with Crippen molar-refractivity contribution >= 4 is 29.7 Å². The zero-order valence-electron chi connectivity index (χ0n) is 6.49. The second-order valence-corrected chi connectivity index (χ2v) is 6.27. The molecule has 0 aliphatic heterocycles. The molecular formula is C4H14NO2PS2. The third-order valence-corrected chi connectivity index (χ3v) is 2.99. The summed E-state index contributed by atoms with van der Waals surface area (Å²) in [6.07, 6.45) is 0. The number of hydrogen-bond acceptors (Lipinski definition) is 4. The standard InChI is InChI=1S/C4H11O2PS2.H3N/c1-3-5-7(8,9)6-4-2;/h3-4H2,1-2H3,(H,8,9);1H3. The van der Waals surface area contributed by atoms with Crippen molar-refractivity contribution in [2.45, 2.75) is 13.8 Å². The topological polar surface area (TPSA) is 55.0 Å². The van der Waals surface area contributed by atoms with Crippen LogP contribution in [0.4, 0.5) is 0 Å². The minimum atomic E-state index is -2.28. The molecule has 0 fully saturated rings. The van der Waals surface area contributed by atoms with Crippen molar-refractivity contribution in [2.24, 2.45) is 0 Å². The van der Waals surface area contributed by atoms with Gasteiger partial charge in [0, 0.05) is 13.2 Å². The predicted octanol–water partition coefficient (Wildman–Crippen LogP) is 2.21. The summed E-state index contributed by atoms with van der Waals surface area (Å²) in [5, 5.41) is 0. The Kier molecular flexibility index (Phi) is 8.86. The van der Waals surface area contributed by atoms with E-state index in [9.17, 15) is 0 Å². The van der Waals surface area contributed by atoms with Gasteiger partial charge in [0.25, 0.3) is 0 Å². The van der Waals surface area contributed by atoms with Crippen molar-refractivity contribution in [3.63, 3.8) is 0 Å². The summed E-state index contributed by atoms with van der Waals surface area (Å²) in [6, 6.07) is 0. The first-order chi connectivity index (χ1) is 4.12. The van der Waals surface area contributed by atoms with E-state index in [4.69, 9.17) is 33.1 Å². The monoisotopic (exact) mass is 203 g/mol. The largest absolute Gasteiger partial charge is 0.691 e. The lowest BCUT2D eigenvalue weighted by Gasteiger charge is -2.26. The molecule has 0 saturated carbocycles. The normalized spacial score (nSPS) is 10.7. The second kappa shape index (κ2) is 6.58. The highest BCUT2D eigenvalue weighted by atomic mass is 32.9. The van der Waals surface area contributed by atoms with Crippen molar-refractivity contribution in [3.8, 4) is 0 Å². The fraction of sp³-hybridized carbons (Fsp3) is 1.00. The molecule has 0 radical (unpaired) electrons. The van der Waals surface area contributed by atoms with E-state index in [1.165, 1.54) is 0 Å². The maximum atomic E-state index is 4.99. The Morgan fingerprint density at radius 1 is 1.30 bits per heavy atom. The van der Waals surface area contributed by atoms with Crippen LogP contribution in [0.15, 0.2) is 0 Å². The predicted molar refractivity (Wildman–Crippen MR) is 50.9 cm³/mol. The van der Waals surface area contributed by atoms with Crippen LogP contribution in [0.3, 0.4) is 0 Å². The lowest BCUT2D eigenvalue weighted by Crippen LogP contribution is -1.90. The molecule has 4 N–H and O–H groups in total. The highest BCUT2D eigenvalue weighted by Gasteiger charge is 1.95. The Labute approximate surface area is 72.4 Å². The number of rotatable bonds is 4. The van der Waals surface area contributed by atoms with Crippen LogP contribution in [0.5, 0.6) is 0 Å². The molecule has 3 nitrogen and oxygen atoms in total. The second-order valence-electron chi connectivity index (χ2n) is 1.28. The molecule has 0 atom stereocenters. The summed E-state index contributed by atoms with van der Waals surface area (Å²) < 4.78 is 9.98.